The molecule has 2 fully saturated rings. The molecule has 2 aliphatic heterocycles. The minimum absolute atomic E-state index is 0.198. The lowest BCUT2D eigenvalue weighted by Gasteiger charge is -2.26. The van der Waals surface area contributed by atoms with Crippen molar-refractivity contribution in [3.63, 3.8) is 0 Å². The van der Waals surface area contributed by atoms with Gasteiger partial charge in [0.15, 0.2) is 5.96 Å². The van der Waals surface area contributed by atoms with Crippen LogP contribution in [0, 0.1) is 0 Å². The first-order chi connectivity index (χ1) is 14.7. The van der Waals surface area contributed by atoms with E-state index in [1.807, 2.05) is 12.1 Å². The predicted molar refractivity (Wildman–Crippen MR) is 115 cm³/mol. The summed E-state index contributed by atoms with van der Waals surface area (Å²) in [6.07, 6.45) is 3.12. The zero-order valence-corrected chi connectivity index (χ0v) is 17.7. The number of alkyl halides is 2. The quantitative estimate of drug-likeness (QED) is 0.359. The molecule has 1 unspecified atom stereocenters. The highest BCUT2D eigenvalue weighted by Crippen LogP contribution is 2.31. The maximum absolute atomic E-state index is 12.7. The number of halogens is 2. The van der Waals surface area contributed by atoms with Crippen LogP contribution < -0.4 is 20.3 Å². The molecule has 2 aliphatic rings. The highest BCUT2D eigenvalue weighted by Gasteiger charge is 2.26. The first-order valence-electron chi connectivity index (χ1n) is 10.7. The third-order valence-electron chi connectivity index (χ3n) is 5.47. The number of aliphatic imine (C=N–C) groups is 1. The van der Waals surface area contributed by atoms with Gasteiger partial charge >= 0.3 is 6.61 Å². The molecule has 2 N–H and O–H groups in total. The van der Waals surface area contributed by atoms with Crippen LogP contribution in [0.15, 0.2) is 29.3 Å². The maximum Gasteiger partial charge on any atom is 0.387 e. The molecule has 2 saturated heterocycles. The Hall–Kier alpha value is -2.13. The number of morpholine rings is 1. The molecular weight excluding hydrogens is 392 g/mol. The Morgan fingerprint density at radius 3 is 2.80 bits per heavy atom. The van der Waals surface area contributed by atoms with Crippen LogP contribution >= 0.6 is 0 Å². The molecule has 1 aromatic carbocycles. The van der Waals surface area contributed by atoms with Crippen molar-refractivity contribution in [2.24, 2.45) is 4.99 Å². The zero-order chi connectivity index (χ0) is 21.2. The minimum Gasteiger partial charge on any atom is -0.433 e. The Kier molecular flexibility index (Phi) is 8.95. The molecule has 0 bridgehead atoms. The van der Waals surface area contributed by atoms with E-state index < -0.39 is 6.61 Å². The minimum atomic E-state index is -2.83. The lowest BCUT2D eigenvalue weighted by atomic mass is 10.2. The van der Waals surface area contributed by atoms with Gasteiger partial charge in [0.25, 0.3) is 0 Å². The summed E-state index contributed by atoms with van der Waals surface area (Å²) in [5, 5.41) is 6.83. The molecule has 0 aromatic heterocycles. The van der Waals surface area contributed by atoms with Gasteiger partial charge in [-0.25, -0.2) is 0 Å². The Morgan fingerprint density at radius 1 is 1.23 bits per heavy atom. The SMILES string of the molecule is CN=C(NCCCCN1CCOCC1)NC1CCN(c2ccccc2OC(F)F)C1. The first-order valence-corrected chi connectivity index (χ1v) is 10.7. The van der Waals surface area contributed by atoms with Crippen molar-refractivity contribution in [1.82, 2.24) is 15.5 Å². The molecule has 9 heteroatoms. The summed E-state index contributed by atoms with van der Waals surface area (Å²) in [6.45, 7) is 4.37. The van der Waals surface area contributed by atoms with Crippen molar-refractivity contribution in [2.75, 3.05) is 64.4 Å². The lowest BCUT2D eigenvalue weighted by molar-refractivity contribution is -0.0495. The number of benzene rings is 1. The van der Waals surface area contributed by atoms with Gasteiger partial charge in [-0.3, -0.25) is 9.89 Å². The van der Waals surface area contributed by atoms with Gasteiger partial charge in [0, 0.05) is 45.8 Å². The average Bonchev–Trinajstić information content (AvgIpc) is 3.21. The first kappa shape index (κ1) is 22.6. The Balaban J connectivity index is 1.38. The van der Waals surface area contributed by atoms with E-state index in [0.29, 0.717) is 12.2 Å². The molecule has 168 valence electrons. The summed E-state index contributed by atoms with van der Waals surface area (Å²) in [6, 6.07) is 7.15. The van der Waals surface area contributed by atoms with Crippen molar-refractivity contribution in [2.45, 2.75) is 31.9 Å². The number of unbranched alkanes of at least 4 members (excludes halogenated alkanes) is 1. The standard InChI is InChI=1S/C21H33F2N5O2/c1-24-21(25-9-4-5-10-27-12-14-29-15-13-27)26-17-8-11-28(16-17)18-6-2-3-7-19(18)30-20(22)23/h2-3,6-7,17,20H,4-5,8-16H2,1H3,(H2,24,25,26). The lowest BCUT2D eigenvalue weighted by Crippen LogP contribution is -2.45. The van der Waals surface area contributed by atoms with Crippen LogP contribution in [0.5, 0.6) is 5.75 Å². The molecule has 3 rings (SSSR count). The van der Waals surface area contributed by atoms with Crippen LogP contribution in [0.25, 0.3) is 0 Å². The monoisotopic (exact) mass is 425 g/mol. The van der Waals surface area contributed by atoms with Gasteiger partial charge < -0.3 is 25.0 Å². The number of nitrogens with one attached hydrogen (secondary N) is 2. The molecule has 0 amide bonds. The van der Waals surface area contributed by atoms with E-state index in [4.69, 9.17) is 4.74 Å². The number of hydrogen-bond acceptors (Lipinski definition) is 5. The van der Waals surface area contributed by atoms with Crippen LogP contribution in [0.2, 0.25) is 0 Å². The van der Waals surface area contributed by atoms with E-state index in [2.05, 4.69) is 30.2 Å². The molecule has 1 atom stereocenters. The van der Waals surface area contributed by atoms with Gasteiger partial charge in [0.2, 0.25) is 0 Å². The van der Waals surface area contributed by atoms with Gasteiger partial charge in [-0.05, 0) is 37.9 Å². The number of ether oxygens (including phenoxy) is 2. The normalized spacial score (nSPS) is 20.6. The fraction of sp³-hybridized carbons (Fsp3) is 0.667. The molecule has 0 spiro atoms. The van der Waals surface area contributed by atoms with Crippen LogP contribution in [0.1, 0.15) is 19.3 Å². The number of anilines is 1. The van der Waals surface area contributed by atoms with Crippen LogP contribution in [0.4, 0.5) is 14.5 Å². The number of hydrogen-bond donors (Lipinski definition) is 2. The molecule has 0 aliphatic carbocycles. The smallest absolute Gasteiger partial charge is 0.387 e. The van der Waals surface area contributed by atoms with E-state index in [-0.39, 0.29) is 11.8 Å². The molecule has 0 radical (unpaired) electrons. The van der Waals surface area contributed by atoms with Crippen molar-refractivity contribution in [1.29, 1.82) is 0 Å². The Morgan fingerprint density at radius 2 is 2.03 bits per heavy atom. The molecule has 2 heterocycles. The molecule has 0 saturated carbocycles. The second-order valence-electron chi connectivity index (χ2n) is 7.58. The van der Waals surface area contributed by atoms with Crippen molar-refractivity contribution in [3.05, 3.63) is 24.3 Å². The molecular formula is C21H33F2N5O2. The van der Waals surface area contributed by atoms with E-state index in [1.165, 1.54) is 0 Å². The molecule has 7 nitrogen and oxygen atoms in total. The number of nitrogens with zero attached hydrogens (tertiary/aromatic N) is 3. The third kappa shape index (κ3) is 6.98. The Labute approximate surface area is 177 Å². The van der Waals surface area contributed by atoms with Gasteiger partial charge in [-0.2, -0.15) is 8.78 Å². The highest BCUT2D eigenvalue weighted by molar-refractivity contribution is 5.80. The summed E-state index contributed by atoms with van der Waals surface area (Å²) in [7, 11) is 1.77. The van der Waals surface area contributed by atoms with E-state index in [9.17, 15) is 8.78 Å². The highest BCUT2D eigenvalue weighted by atomic mass is 19.3. The van der Waals surface area contributed by atoms with Gasteiger partial charge in [0.1, 0.15) is 5.75 Å². The summed E-state index contributed by atoms with van der Waals surface area (Å²) < 4.78 is 35.4. The Bertz CT molecular complexity index is 671. The van der Waals surface area contributed by atoms with Crippen molar-refractivity contribution < 1.29 is 18.3 Å². The molecule has 1 aromatic rings. The topological polar surface area (TPSA) is 61.4 Å². The fourth-order valence-electron chi connectivity index (χ4n) is 3.89. The van der Waals surface area contributed by atoms with Crippen molar-refractivity contribution in [3.8, 4) is 5.75 Å². The van der Waals surface area contributed by atoms with E-state index >= 15 is 0 Å². The number of para-hydroxylation sites is 2. The summed E-state index contributed by atoms with van der Waals surface area (Å²) >= 11 is 0. The average molecular weight is 426 g/mol. The largest absolute Gasteiger partial charge is 0.433 e. The predicted octanol–water partition coefficient (Wildman–Crippen LogP) is 2.14. The maximum atomic E-state index is 12.7. The molecule has 30 heavy (non-hydrogen) atoms. The van der Waals surface area contributed by atoms with Gasteiger partial charge in [-0.1, -0.05) is 12.1 Å². The van der Waals surface area contributed by atoms with Crippen LogP contribution in [0.3, 0.4) is 0 Å². The summed E-state index contributed by atoms with van der Waals surface area (Å²) in [5.74, 6) is 1.00. The zero-order valence-electron chi connectivity index (χ0n) is 17.7. The number of guanidine groups is 1. The van der Waals surface area contributed by atoms with Crippen LogP contribution in [-0.2, 0) is 4.74 Å². The fourth-order valence-corrected chi connectivity index (χ4v) is 3.89. The summed E-state index contributed by atoms with van der Waals surface area (Å²) in [4.78, 5) is 8.84. The van der Waals surface area contributed by atoms with Crippen molar-refractivity contribution >= 4 is 11.6 Å². The van der Waals surface area contributed by atoms with E-state index in [0.717, 1.165) is 71.2 Å². The second kappa shape index (κ2) is 11.9. The summed E-state index contributed by atoms with van der Waals surface area (Å²) in [5.41, 5.74) is 0.702. The van der Waals surface area contributed by atoms with Crippen LogP contribution in [-0.4, -0.2) is 83.0 Å². The van der Waals surface area contributed by atoms with E-state index in [1.54, 1.807) is 19.2 Å². The number of rotatable bonds is 9. The van der Waals surface area contributed by atoms with Gasteiger partial charge in [0.05, 0.1) is 18.9 Å². The second-order valence-corrected chi connectivity index (χ2v) is 7.58. The third-order valence-corrected chi connectivity index (χ3v) is 5.47. The van der Waals surface area contributed by atoms with Gasteiger partial charge in [-0.15, -0.1) is 0 Å².